The molecule has 0 saturated carbocycles. The molecule has 0 aromatic heterocycles. The highest BCUT2D eigenvalue weighted by Gasteiger charge is 2.14. The van der Waals surface area contributed by atoms with E-state index in [0.29, 0.717) is 6.61 Å². The van der Waals surface area contributed by atoms with Crippen LogP contribution in [0, 0.1) is 6.08 Å². The molecule has 2 rings (SSSR count). The molecule has 3 heteroatoms. The van der Waals surface area contributed by atoms with Crippen LogP contribution in [0.5, 0.6) is 0 Å². The van der Waals surface area contributed by atoms with E-state index in [2.05, 4.69) is 22.2 Å². The van der Waals surface area contributed by atoms with E-state index in [1.54, 1.807) is 4.09 Å². The molecule has 0 atom stereocenters. The lowest BCUT2D eigenvalue weighted by Crippen LogP contribution is -2.02. The van der Waals surface area contributed by atoms with Gasteiger partial charge in [-0.15, -0.1) is 0 Å². The van der Waals surface area contributed by atoms with Gasteiger partial charge in [0.2, 0.25) is 0 Å². The summed E-state index contributed by atoms with van der Waals surface area (Å²) in [5.41, 5.74) is 2.04. The van der Waals surface area contributed by atoms with Crippen LogP contribution in [-0.2, 0) is 4.84 Å². The van der Waals surface area contributed by atoms with Crippen LogP contribution in [0.3, 0.4) is 0 Å². The van der Waals surface area contributed by atoms with Gasteiger partial charge < -0.3 is 0 Å². The summed E-state index contributed by atoms with van der Waals surface area (Å²) >= 11 is 3.25. The van der Waals surface area contributed by atoms with Gasteiger partial charge in [-0.2, -0.15) is 4.09 Å². The first kappa shape index (κ1) is 7.83. The Hall–Kier alpha value is -0.800. The molecular weight excluding hydrogens is 218 g/mol. The molecule has 1 heterocycles. The van der Waals surface area contributed by atoms with Crippen molar-refractivity contribution in [2.45, 2.75) is 0 Å². The van der Waals surface area contributed by atoms with Gasteiger partial charge in [0.05, 0.1) is 21.8 Å². The zero-order valence-electron chi connectivity index (χ0n) is 6.33. The Bertz CT molecular complexity index is 297. The van der Waals surface area contributed by atoms with Crippen molar-refractivity contribution >= 4 is 21.8 Å². The molecule has 12 heavy (non-hydrogen) atoms. The molecule has 0 saturated heterocycles. The van der Waals surface area contributed by atoms with Crippen molar-refractivity contribution in [1.82, 2.24) is 4.09 Å². The molecule has 1 radical (unpaired) electrons. The van der Waals surface area contributed by atoms with Gasteiger partial charge >= 0.3 is 0 Å². The number of hydrogen-bond acceptors (Lipinski definition) is 2. The van der Waals surface area contributed by atoms with E-state index in [9.17, 15) is 0 Å². The van der Waals surface area contributed by atoms with Crippen molar-refractivity contribution in [1.29, 1.82) is 0 Å². The topological polar surface area (TPSA) is 12.5 Å². The number of hydroxylamine groups is 1. The number of rotatable bonds is 1. The molecular formula is C9H7BrNO. The van der Waals surface area contributed by atoms with Gasteiger partial charge in [0.25, 0.3) is 0 Å². The lowest BCUT2D eigenvalue weighted by molar-refractivity contribution is 0.0143. The fourth-order valence-electron chi connectivity index (χ4n) is 1.08. The fraction of sp³-hybridized carbons (Fsp3) is 0.111. The van der Waals surface area contributed by atoms with Crippen molar-refractivity contribution in [3.8, 4) is 0 Å². The van der Waals surface area contributed by atoms with Crippen molar-refractivity contribution in [2.75, 3.05) is 6.61 Å². The lowest BCUT2D eigenvalue weighted by Gasteiger charge is -2.10. The number of nitrogens with zero attached hydrogens (tertiary/aromatic N) is 1. The maximum Gasteiger partial charge on any atom is 0.104 e. The smallest absolute Gasteiger partial charge is 0.104 e. The quantitative estimate of drug-likeness (QED) is 0.680. The molecule has 0 unspecified atom stereocenters. The Morgan fingerprint density at radius 1 is 1.33 bits per heavy atom. The minimum absolute atomic E-state index is 0.509. The largest absolute Gasteiger partial charge is 0.258 e. The number of benzene rings is 1. The molecule has 2 nitrogen and oxygen atoms in total. The highest BCUT2D eigenvalue weighted by atomic mass is 79.9. The summed E-state index contributed by atoms with van der Waals surface area (Å²) in [5, 5.41) is 0. The third kappa shape index (κ3) is 1.38. The average molecular weight is 225 g/mol. The van der Waals surface area contributed by atoms with Crippen LogP contribution in [0.1, 0.15) is 5.56 Å². The van der Waals surface area contributed by atoms with Crippen LogP contribution in [-0.4, -0.2) is 10.7 Å². The molecule has 1 aliphatic rings. The minimum atomic E-state index is 0.509. The number of halogens is 1. The van der Waals surface area contributed by atoms with E-state index in [0.717, 1.165) is 11.3 Å². The summed E-state index contributed by atoms with van der Waals surface area (Å²) in [6.07, 6.45) is 3.10. The Kier molecular flexibility index (Phi) is 2.15. The predicted molar refractivity (Wildman–Crippen MR) is 49.8 cm³/mol. The Labute approximate surface area is 79.7 Å². The molecule has 1 aliphatic heterocycles. The summed E-state index contributed by atoms with van der Waals surface area (Å²) < 4.78 is 1.56. The predicted octanol–water partition coefficient (Wildman–Crippen LogP) is 2.39. The van der Waals surface area contributed by atoms with Gasteiger partial charge in [0.15, 0.2) is 0 Å². The minimum Gasteiger partial charge on any atom is -0.258 e. The summed E-state index contributed by atoms with van der Waals surface area (Å²) in [4.78, 5) is 5.12. The highest BCUT2D eigenvalue weighted by Crippen LogP contribution is 2.25. The first-order valence-electron chi connectivity index (χ1n) is 3.63. The SMILES string of the molecule is BrN1OC[C]=C1c1ccccc1. The molecule has 0 N–H and O–H groups in total. The summed E-state index contributed by atoms with van der Waals surface area (Å²) in [6.45, 7) is 0.509. The highest BCUT2D eigenvalue weighted by molar-refractivity contribution is 9.07. The van der Waals surface area contributed by atoms with Crippen molar-refractivity contribution < 1.29 is 4.84 Å². The first-order chi connectivity index (χ1) is 5.88. The van der Waals surface area contributed by atoms with Gasteiger partial charge in [-0.25, -0.2) is 0 Å². The lowest BCUT2D eigenvalue weighted by atomic mass is 10.2. The van der Waals surface area contributed by atoms with Gasteiger partial charge in [0.1, 0.15) is 6.61 Å². The average Bonchev–Trinajstić information content (AvgIpc) is 2.53. The van der Waals surface area contributed by atoms with E-state index in [-0.39, 0.29) is 0 Å². The maximum absolute atomic E-state index is 5.12. The second-order valence-electron chi connectivity index (χ2n) is 2.41. The second-order valence-corrected chi connectivity index (χ2v) is 3.05. The van der Waals surface area contributed by atoms with E-state index in [1.165, 1.54) is 0 Å². The van der Waals surface area contributed by atoms with Crippen LogP contribution in [0.25, 0.3) is 5.70 Å². The van der Waals surface area contributed by atoms with Crippen LogP contribution >= 0.6 is 16.1 Å². The van der Waals surface area contributed by atoms with E-state index in [1.807, 2.05) is 30.3 Å². The van der Waals surface area contributed by atoms with Gasteiger partial charge in [-0.1, -0.05) is 30.3 Å². The number of hydrogen-bond donors (Lipinski definition) is 0. The van der Waals surface area contributed by atoms with Gasteiger partial charge in [0, 0.05) is 11.6 Å². The first-order valence-corrected chi connectivity index (χ1v) is 4.34. The Balaban J connectivity index is 2.31. The van der Waals surface area contributed by atoms with E-state index in [4.69, 9.17) is 4.84 Å². The van der Waals surface area contributed by atoms with Crippen LogP contribution in [0.4, 0.5) is 0 Å². The molecule has 0 spiro atoms. The third-order valence-electron chi connectivity index (χ3n) is 1.64. The normalized spacial score (nSPS) is 16.4. The second kappa shape index (κ2) is 3.29. The third-order valence-corrected chi connectivity index (χ3v) is 2.20. The Morgan fingerprint density at radius 2 is 2.08 bits per heavy atom. The zero-order chi connectivity index (χ0) is 8.39. The van der Waals surface area contributed by atoms with Crippen molar-refractivity contribution in [3.63, 3.8) is 0 Å². The summed E-state index contributed by atoms with van der Waals surface area (Å²) in [5.74, 6) is 0. The molecule has 0 amide bonds. The molecule has 1 aromatic rings. The zero-order valence-corrected chi connectivity index (χ0v) is 7.91. The standard InChI is InChI=1S/C9H7BrNO/c10-11-9(6-7-12-11)8-4-2-1-3-5-8/h1-5H,7H2. The van der Waals surface area contributed by atoms with E-state index >= 15 is 0 Å². The summed E-state index contributed by atoms with van der Waals surface area (Å²) in [6, 6.07) is 10.0. The molecule has 0 fully saturated rings. The fourth-order valence-corrected chi connectivity index (χ4v) is 1.52. The van der Waals surface area contributed by atoms with Crippen LogP contribution < -0.4 is 0 Å². The van der Waals surface area contributed by atoms with Crippen molar-refractivity contribution in [3.05, 3.63) is 42.0 Å². The molecule has 0 aliphatic carbocycles. The van der Waals surface area contributed by atoms with Crippen LogP contribution in [0.15, 0.2) is 30.3 Å². The maximum atomic E-state index is 5.12. The molecule has 1 aromatic carbocycles. The van der Waals surface area contributed by atoms with E-state index < -0.39 is 0 Å². The Morgan fingerprint density at radius 3 is 2.67 bits per heavy atom. The van der Waals surface area contributed by atoms with Crippen LogP contribution in [0.2, 0.25) is 0 Å². The van der Waals surface area contributed by atoms with Gasteiger partial charge in [-0.3, -0.25) is 4.84 Å². The monoisotopic (exact) mass is 224 g/mol. The van der Waals surface area contributed by atoms with Gasteiger partial charge in [-0.05, 0) is 0 Å². The summed E-state index contributed by atoms with van der Waals surface area (Å²) in [7, 11) is 0. The molecule has 61 valence electrons. The van der Waals surface area contributed by atoms with Crippen molar-refractivity contribution in [2.24, 2.45) is 0 Å². The molecule has 0 bridgehead atoms.